The Hall–Kier alpha value is -2.17. The number of hydrogen-bond donors (Lipinski definition) is 3. The molecule has 0 aliphatic rings. The molecule has 7 heteroatoms. The molecule has 2 unspecified atom stereocenters. The molecule has 0 saturated heterocycles. The van der Waals surface area contributed by atoms with Crippen molar-refractivity contribution >= 4 is 6.09 Å². The summed E-state index contributed by atoms with van der Waals surface area (Å²) in [5.74, 6) is -0.747. The van der Waals surface area contributed by atoms with Crippen LogP contribution in [0.25, 0.3) is 0 Å². The number of ether oxygens (including phenoxy) is 1. The summed E-state index contributed by atoms with van der Waals surface area (Å²) in [7, 11) is 0. The molecule has 2 atom stereocenters. The van der Waals surface area contributed by atoms with Crippen molar-refractivity contribution in [1.29, 1.82) is 5.26 Å². The van der Waals surface area contributed by atoms with E-state index in [1.165, 1.54) is 6.07 Å². The Morgan fingerprint density at radius 3 is 2.64 bits per heavy atom. The van der Waals surface area contributed by atoms with Gasteiger partial charge in [0.25, 0.3) is 0 Å². The number of nitrogens with zero attached hydrogens (tertiary/aromatic N) is 1. The maximum absolute atomic E-state index is 13.6. The van der Waals surface area contributed by atoms with Gasteiger partial charge in [-0.25, -0.2) is 9.18 Å². The van der Waals surface area contributed by atoms with Crippen molar-refractivity contribution in [3.63, 3.8) is 0 Å². The number of amides is 1. The minimum atomic E-state index is -1.58. The van der Waals surface area contributed by atoms with Gasteiger partial charge in [0.2, 0.25) is 0 Å². The Morgan fingerprint density at radius 2 is 2.09 bits per heavy atom. The molecule has 0 radical (unpaired) electrons. The lowest BCUT2D eigenvalue weighted by Gasteiger charge is -2.22. The zero-order chi connectivity index (χ0) is 16.9. The normalized spacial score (nSPS) is 13.9. The minimum Gasteiger partial charge on any atom is -0.444 e. The van der Waals surface area contributed by atoms with Crippen molar-refractivity contribution in [2.24, 2.45) is 0 Å². The lowest BCUT2D eigenvalue weighted by Crippen LogP contribution is -2.39. The molecule has 0 saturated carbocycles. The van der Waals surface area contributed by atoms with Gasteiger partial charge in [-0.05, 0) is 39.0 Å². The number of hydrogen-bond acceptors (Lipinski definition) is 5. The van der Waals surface area contributed by atoms with Crippen LogP contribution in [0.15, 0.2) is 18.2 Å². The third-order valence-corrected chi connectivity index (χ3v) is 2.66. The Labute approximate surface area is 128 Å². The summed E-state index contributed by atoms with van der Waals surface area (Å²) in [4.78, 5) is 11.4. The first-order chi connectivity index (χ1) is 10.1. The fourth-order valence-corrected chi connectivity index (χ4v) is 1.66. The van der Waals surface area contributed by atoms with Crippen molar-refractivity contribution in [2.45, 2.75) is 38.6 Å². The molecule has 0 fully saturated rings. The zero-order valence-electron chi connectivity index (χ0n) is 12.6. The van der Waals surface area contributed by atoms with Gasteiger partial charge < -0.3 is 20.3 Å². The van der Waals surface area contributed by atoms with E-state index in [9.17, 15) is 19.4 Å². The SMILES string of the molecule is CC(C)(C)OC(=O)NCC(O)C(O)c1cc(C#N)ccc1F. The molecule has 3 N–H and O–H groups in total. The summed E-state index contributed by atoms with van der Waals surface area (Å²) < 4.78 is 18.6. The van der Waals surface area contributed by atoms with Crippen molar-refractivity contribution in [2.75, 3.05) is 6.54 Å². The van der Waals surface area contributed by atoms with E-state index in [-0.39, 0.29) is 17.7 Å². The number of benzene rings is 1. The average molecular weight is 310 g/mol. The number of rotatable bonds is 4. The van der Waals surface area contributed by atoms with Gasteiger partial charge in [0.05, 0.1) is 11.6 Å². The predicted molar refractivity (Wildman–Crippen MR) is 76.3 cm³/mol. The van der Waals surface area contributed by atoms with Crippen LogP contribution in [0.3, 0.4) is 0 Å². The first-order valence-corrected chi connectivity index (χ1v) is 6.66. The van der Waals surface area contributed by atoms with Gasteiger partial charge in [-0.3, -0.25) is 0 Å². The highest BCUT2D eigenvalue weighted by molar-refractivity contribution is 5.67. The van der Waals surface area contributed by atoms with Crippen LogP contribution in [0.5, 0.6) is 0 Å². The van der Waals surface area contributed by atoms with Gasteiger partial charge in [-0.2, -0.15) is 5.26 Å². The fraction of sp³-hybridized carbons (Fsp3) is 0.467. The summed E-state index contributed by atoms with van der Waals surface area (Å²) in [5, 5.41) is 30.8. The minimum absolute atomic E-state index is 0.155. The monoisotopic (exact) mass is 310 g/mol. The molecule has 1 amide bonds. The molecule has 22 heavy (non-hydrogen) atoms. The molecule has 1 aromatic carbocycles. The lowest BCUT2D eigenvalue weighted by atomic mass is 10.0. The number of carbonyl (C=O) groups excluding carboxylic acids is 1. The molecule has 0 aliphatic carbocycles. The van der Waals surface area contributed by atoms with Crippen LogP contribution in [-0.4, -0.2) is 34.6 Å². The van der Waals surface area contributed by atoms with Crippen LogP contribution in [0, 0.1) is 17.1 Å². The van der Waals surface area contributed by atoms with Crippen LogP contribution < -0.4 is 5.32 Å². The van der Waals surface area contributed by atoms with Gasteiger partial charge in [0.15, 0.2) is 0 Å². The number of alkyl carbamates (subject to hydrolysis) is 1. The highest BCUT2D eigenvalue weighted by Gasteiger charge is 2.24. The van der Waals surface area contributed by atoms with Crippen molar-refractivity contribution in [3.05, 3.63) is 35.1 Å². The second kappa shape index (κ2) is 7.20. The smallest absolute Gasteiger partial charge is 0.407 e. The van der Waals surface area contributed by atoms with Gasteiger partial charge in [0.1, 0.15) is 23.6 Å². The highest BCUT2D eigenvalue weighted by Crippen LogP contribution is 2.21. The van der Waals surface area contributed by atoms with Crippen molar-refractivity contribution in [3.8, 4) is 6.07 Å². The van der Waals surface area contributed by atoms with E-state index in [1.54, 1.807) is 20.8 Å². The summed E-state index contributed by atoms with van der Waals surface area (Å²) >= 11 is 0. The number of halogens is 1. The highest BCUT2D eigenvalue weighted by atomic mass is 19.1. The van der Waals surface area contributed by atoms with E-state index in [2.05, 4.69) is 5.32 Å². The molecule has 6 nitrogen and oxygen atoms in total. The molecule has 0 aliphatic heterocycles. The van der Waals surface area contributed by atoms with E-state index in [4.69, 9.17) is 10.00 Å². The van der Waals surface area contributed by atoms with Gasteiger partial charge >= 0.3 is 6.09 Å². The number of nitriles is 1. The summed E-state index contributed by atoms with van der Waals surface area (Å²) in [6.07, 6.45) is -3.79. The number of nitrogens with one attached hydrogen (secondary N) is 1. The Morgan fingerprint density at radius 1 is 1.45 bits per heavy atom. The summed E-state index contributed by atoms with van der Waals surface area (Å²) in [6.45, 7) is 4.72. The topological polar surface area (TPSA) is 103 Å². The van der Waals surface area contributed by atoms with Gasteiger partial charge in [0, 0.05) is 12.1 Å². The second-order valence-electron chi connectivity index (χ2n) is 5.74. The van der Waals surface area contributed by atoms with Gasteiger partial charge in [-0.15, -0.1) is 0 Å². The summed E-state index contributed by atoms with van der Waals surface area (Å²) in [5.41, 5.74) is -0.749. The maximum Gasteiger partial charge on any atom is 0.407 e. The lowest BCUT2D eigenvalue weighted by molar-refractivity contribution is 0.0113. The van der Waals surface area contributed by atoms with Gasteiger partial charge in [-0.1, -0.05) is 0 Å². The number of aliphatic hydroxyl groups is 2. The summed E-state index contributed by atoms with van der Waals surface area (Å²) in [6, 6.07) is 5.26. The Bertz CT molecular complexity index is 578. The first kappa shape index (κ1) is 17.9. The van der Waals surface area contributed by atoms with Crippen LogP contribution in [-0.2, 0) is 4.74 Å². The predicted octanol–water partition coefficient (Wildman–Crippen LogP) is 1.62. The second-order valence-corrected chi connectivity index (χ2v) is 5.74. The molecule has 1 rings (SSSR count). The Kier molecular flexibility index (Phi) is 5.85. The quantitative estimate of drug-likeness (QED) is 0.784. The van der Waals surface area contributed by atoms with E-state index < -0.39 is 29.7 Å². The first-order valence-electron chi connectivity index (χ1n) is 6.66. The molecular weight excluding hydrogens is 291 g/mol. The van der Waals surface area contributed by atoms with Crippen LogP contribution in [0.4, 0.5) is 9.18 Å². The zero-order valence-corrected chi connectivity index (χ0v) is 12.6. The number of carbonyl (C=O) groups is 1. The molecular formula is C15H19FN2O4. The fourth-order valence-electron chi connectivity index (χ4n) is 1.66. The maximum atomic E-state index is 13.6. The molecule has 0 heterocycles. The van der Waals surface area contributed by atoms with Crippen LogP contribution in [0.2, 0.25) is 0 Å². The molecule has 0 aromatic heterocycles. The third kappa shape index (κ3) is 5.31. The van der Waals surface area contributed by atoms with Crippen LogP contribution >= 0.6 is 0 Å². The van der Waals surface area contributed by atoms with E-state index in [0.717, 1.165) is 12.1 Å². The molecule has 120 valence electrons. The standard InChI is InChI=1S/C15H19FN2O4/c1-15(2,3)22-14(21)18-8-12(19)13(20)10-6-9(7-17)4-5-11(10)16/h4-6,12-13,19-20H,8H2,1-3H3,(H,18,21). The van der Waals surface area contributed by atoms with E-state index in [0.29, 0.717) is 0 Å². The Balaban J connectivity index is 2.68. The van der Waals surface area contributed by atoms with Crippen LogP contribution in [0.1, 0.15) is 38.0 Å². The molecule has 1 aromatic rings. The van der Waals surface area contributed by atoms with E-state index in [1.807, 2.05) is 6.07 Å². The van der Waals surface area contributed by atoms with Crippen molar-refractivity contribution in [1.82, 2.24) is 5.32 Å². The largest absolute Gasteiger partial charge is 0.444 e. The molecule has 0 bridgehead atoms. The number of aliphatic hydroxyl groups excluding tert-OH is 2. The third-order valence-electron chi connectivity index (χ3n) is 2.66. The average Bonchev–Trinajstić information content (AvgIpc) is 2.42. The van der Waals surface area contributed by atoms with E-state index >= 15 is 0 Å². The van der Waals surface area contributed by atoms with Crippen molar-refractivity contribution < 1.29 is 24.1 Å². The molecule has 0 spiro atoms.